The molecule has 1 saturated heterocycles. The molecule has 0 aromatic heterocycles. The summed E-state index contributed by atoms with van der Waals surface area (Å²) in [6.07, 6.45) is 0. The van der Waals surface area contributed by atoms with E-state index >= 15 is 0 Å². The zero-order valence-electron chi connectivity index (χ0n) is 15.8. The smallest absolute Gasteiger partial charge is 0.251 e. The van der Waals surface area contributed by atoms with E-state index in [1.165, 1.54) is 0 Å². The fraction of sp³-hybridized carbons (Fsp3) is 0.381. The van der Waals surface area contributed by atoms with Gasteiger partial charge in [-0.3, -0.25) is 9.69 Å². The van der Waals surface area contributed by atoms with E-state index in [9.17, 15) is 4.79 Å². The first-order valence-electron chi connectivity index (χ1n) is 9.38. The van der Waals surface area contributed by atoms with E-state index in [1.807, 2.05) is 24.3 Å². The van der Waals surface area contributed by atoms with E-state index in [0.29, 0.717) is 36.8 Å². The van der Waals surface area contributed by atoms with Gasteiger partial charge in [-0.2, -0.15) is 0 Å². The second kappa shape index (κ2) is 8.50. The van der Waals surface area contributed by atoms with Crippen LogP contribution in [-0.4, -0.2) is 57.6 Å². The minimum Gasteiger partial charge on any atom is -0.497 e. The molecule has 2 heterocycles. The summed E-state index contributed by atoms with van der Waals surface area (Å²) in [6, 6.07) is 13.3. The van der Waals surface area contributed by atoms with Gasteiger partial charge < -0.3 is 24.3 Å². The molecule has 0 radical (unpaired) electrons. The van der Waals surface area contributed by atoms with Gasteiger partial charge in [0.15, 0.2) is 11.5 Å². The molecule has 7 nitrogen and oxygen atoms in total. The van der Waals surface area contributed by atoms with Crippen molar-refractivity contribution in [1.29, 1.82) is 0 Å². The molecular formula is C21H24N2O5. The predicted octanol–water partition coefficient (Wildman–Crippen LogP) is 2.23. The Balaban J connectivity index is 1.47. The Morgan fingerprint density at radius 2 is 1.86 bits per heavy atom. The number of ether oxygens (including phenoxy) is 4. The molecule has 2 aliphatic heterocycles. The average molecular weight is 384 g/mol. The summed E-state index contributed by atoms with van der Waals surface area (Å²) in [7, 11) is 1.65. The molecule has 1 amide bonds. The number of carbonyl (C=O) groups is 1. The Hall–Kier alpha value is -2.77. The Kier molecular flexibility index (Phi) is 5.64. The summed E-state index contributed by atoms with van der Waals surface area (Å²) in [6.45, 7) is 3.75. The minimum atomic E-state index is -0.134. The fourth-order valence-electron chi connectivity index (χ4n) is 3.50. The lowest BCUT2D eigenvalue weighted by Crippen LogP contribution is -2.43. The number of fused-ring (bicyclic) bond motifs is 1. The number of nitrogens with one attached hydrogen (secondary N) is 1. The van der Waals surface area contributed by atoms with Crippen molar-refractivity contribution in [3.63, 3.8) is 0 Å². The van der Waals surface area contributed by atoms with Gasteiger partial charge in [0.25, 0.3) is 5.91 Å². The molecule has 2 aliphatic rings. The van der Waals surface area contributed by atoms with Crippen LogP contribution in [0.15, 0.2) is 42.5 Å². The molecular weight excluding hydrogens is 360 g/mol. The number of rotatable bonds is 6. The third-order valence-corrected chi connectivity index (χ3v) is 5.08. The first-order valence-corrected chi connectivity index (χ1v) is 9.38. The average Bonchev–Trinajstić information content (AvgIpc) is 3.23. The lowest BCUT2D eigenvalue weighted by atomic mass is 10.0. The zero-order valence-corrected chi connectivity index (χ0v) is 15.8. The van der Waals surface area contributed by atoms with Crippen molar-refractivity contribution in [2.75, 3.05) is 46.8 Å². The fourth-order valence-corrected chi connectivity index (χ4v) is 3.50. The molecule has 28 heavy (non-hydrogen) atoms. The van der Waals surface area contributed by atoms with E-state index < -0.39 is 0 Å². The topological polar surface area (TPSA) is 69.3 Å². The number of methoxy groups -OCH3 is 1. The zero-order chi connectivity index (χ0) is 19.3. The van der Waals surface area contributed by atoms with Crippen LogP contribution in [0.2, 0.25) is 0 Å². The van der Waals surface area contributed by atoms with Crippen LogP contribution in [0.25, 0.3) is 0 Å². The molecule has 2 aromatic rings. The molecule has 148 valence electrons. The van der Waals surface area contributed by atoms with Crippen LogP contribution in [0.1, 0.15) is 22.0 Å². The number of carbonyl (C=O) groups excluding carboxylic acids is 1. The van der Waals surface area contributed by atoms with Crippen LogP contribution in [-0.2, 0) is 4.74 Å². The highest BCUT2D eigenvalue weighted by atomic mass is 16.7. The van der Waals surface area contributed by atoms with Gasteiger partial charge in [0, 0.05) is 25.2 Å². The van der Waals surface area contributed by atoms with E-state index in [1.54, 1.807) is 25.3 Å². The van der Waals surface area contributed by atoms with E-state index in [-0.39, 0.29) is 18.7 Å². The Morgan fingerprint density at radius 1 is 1.11 bits per heavy atom. The summed E-state index contributed by atoms with van der Waals surface area (Å²) >= 11 is 0. The number of benzene rings is 2. The first-order chi connectivity index (χ1) is 13.7. The van der Waals surface area contributed by atoms with Gasteiger partial charge in [-0.25, -0.2) is 0 Å². The summed E-state index contributed by atoms with van der Waals surface area (Å²) in [4.78, 5) is 15.0. The van der Waals surface area contributed by atoms with Crippen molar-refractivity contribution in [1.82, 2.24) is 10.2 Å². The summed E-state index contributed by atoms with van der Waals surface area (Å²) in [5.41, 5.74) is 1.69. The monoisotopic (exact) mass is 384 g/mol. The second-order valence-corrected chi connectivity index (χ2v) is 6.72. The molecule has 1 atom stereocenters. The van der Waals surface area contributed by atoms with Crippen LogP contribution < -0.4 is 19.5 Å². The van der Waals surface area contributed by atoms with Crippen molar-refractivity contribution in [3.8, 4) is 17.2 Å². The van der Waals surface area contributed by atoms with Gasteiger partial charge in [0.2, 0.25) is 6.79 Å². The van der Waals surface area contributed by atoms with Crippen molar-refractivity contribution in [3.05, 3.63) is 53.6 Å². The SMILES string of the molecule is COc1ccc([C@H](CNC(=O)c2ccc3c(c2)OCO3)N2CCOCC2)cc1. The number of hydrogen-bond acceptors (Lipinski definition) is 6. The molecule has 1 N–H and O–H groups in total. The Morgan fingerprint density at radius 3 is 2.61 bits per heavy atom. The third-order valence-electron chi connectivity index (χ3n) is 5.08. The van der Waals surface area contributed by atoms with Crippen molar-refractivity contribution < 1.29 is 23.7 Å². The second-order valence-electron chi connectivity index (χ2n) is 6.72. The van der Waals surface area contributed by atoms with E-state index in [4.69, 9.17) is 18.9 Å². The van der Waals surface area contributed by atoms with Crippen molar-refractivity contribution in [2.24, 2.45) is 0 Å². The standard InChI is InChI=1S/C21H24N2O5/c1-25-17-5-2-15(3-6-17)18(23-8-10-26-11-9-23)13-22-21(24)16-4-7-19-20(12-16)28-14-27-19/h2-7,12,18H,8-11,13-14H2,1H3,(H,22,24)/t18-/m0/s1. The highest BCUT2D eigenvalue weighted by Crippen LogP contribution is 2.32. The minimum absolute atomic E-state index is 0.0627. The van der Waals surface area contributed by atoms with Crippen LogP contribution in [0, 0.1) is 0 Å². The summed E-state index contributed by atoms with van der Waals surface area (Å²) in [5, 5.41) is 3.07. The maximum atomic E-state index is 12.7. The molecule has 0 aliphatic carbocycles. The third kappa shape index (κ3) is 4.05. The highest BCUT2D eigenvalue weighted by molar-refractivity contribution is 5.95. The molecule has 0 bridgehead atoms. The van der Waals surface area contributed by atoms with Gasteiger partial charge >= 0.3 is 0 Å². The molecule has 2 aromatic carbocycles. The van der Waals surface area contributed by atoms with E-state index in [2.05, 4.69) is 10.2 Å². The van der Waals surface area contributed by atoms with Crippen LogP contribution in [0.3, 0.4) is 0 Å². The van der Waals surface area contributed by atoms with Crippen LogP contribution in [0.4, 0.5) is 0 Å². The number of hydrogen-bond donors (Lipinski definition) is 1. The van der Waals surface area contributed by atoms with Gasteiger partial charge in [0.1, 0.15) is 5.75 Å². The van der Waals surface area contributed by atoms with Gasteiger partial charge in [0.05, 0.1) is 26.4 Å². The molecule has 4 rings (SSSR count). The van der Waals surface area contributed by atoms with Crippen molar-refractivity contribution in [2.45, 2.75) is 6.04 Å². The first kappa shape index (κ1) is 18.6. The van der Waals surface area contributed by atoms with E-state index in [0.717, 1.165) is 24.4 Å². The van der Waals surface area contributed by atoms with Crippen molar-refractivity contribution >= 4 is 5.91 Å². The number of morpholine rings is 1. The molecule has 0 unspecified atom stereocenters. The number of nitrogens with zero attached hydrogens (tertiary/aromatic N) is 1. The Labute approximate surface area is 164 Å². The molecule has 0 saturated carbocycles. The van der Waals surface area contributed by atoms with Crippen LogP contribution >= 0.6 is 0 Å². The van der Waals surface area contributed by atoms with Gasteiger partial charge in [-0.15, -0.1) is 0 Å². The van der Waals surface area contributed by atoms with Gasteiger partial charge in [-0.1, -0.05) is 12.1 Å². The molecule has 1 fully saturated rings. The molecule has 7 heteroatoms. The van der Waals surface area contributed by atoms with Gasteiger partial charge in [-0.05, 0) is 35.9 Å². The maximum Gasteiger partial charge on any atom is 0.251 e. The summed E-state index contributed by atoms with van der Waals surface area (Å²) < 4.78 is 21.4. The lowest BCUT2D eigenvalue weighted by molar-refractivity contribution is 0.0162. The Bertz CT molecular complexity index is 818. The largest absolute Gasteiger partial charge is 0.497 e. The molecule has 0 spiro atoms. The normalized spacial score (nSPS) is 17.2. The quantitative estimate of drug-likeness (QED) is 0.824. The summed E-state index contributed by atoms with van der Waals surface area (Å²) in [5.74, 6) is 1.95. The maximum absolute atomic E-state index is 12.7. The lowest BCUT2D eigenvalue weighted by Gasteiger charge is -2.35. The van der Waals surface area contributed by atoms with Crippen LogP contribution in [0.5, 0.6) is 17.2 Å². The number of amides is 1. The highest BCUT2D eigenvalue weighted by Gasteiger charge is 2.24. The predicted molar refractivity (Wildman–Crippen MR) is 103 cm³/mol.